The molecule has 0 aliphatic heterocycles. The van der Waals surface area contributed by atoms with Crippen LogP contribution in [-0.4, -0.2) is 24.1 Å². The van der Waals surface area contributed by atoms with E-state index in [1.54, 1.807) is 26.0 Å². The van der Waals surface area contributed by atoms with Crippen LogP contribution in [0.25, 0.3) is 0 Å². The highest BCUT2D eigenvalue weighted by atomic mass is 35.5. The number of carboxylic acids is 1. The molecule has 2 aromatic rings. The van der Waals surface area contributed by atoms with Gasteiger partial charge in [0.25, 0.3) is 5.91 Å². The molecule has 0 fully saturated rings. The summed E-state index contributed by atoms with van der Waals surface area (Å²) in [6.07, 6.45) is 0. The SMILES string of the molecule is COc1c(C)cc(C(=O)NC(C(=O)O)c2ccc(Cl)c(F)c2)cc1C. The van der Waals surface area contributed by atoms with E-state index in [-0.39, 0.29) is 16.1 Å². The molecule has 2 aromatic carbocycles. The zero-order chi connectivity index (χ0) is 18.7. The van der Waals surface area contributed by atoms with Crippen molar-refractivity contribution < 1.29 is 23.8 Å². The van der Waals surface area contributed by atoms with Crippen LogP contribution in [0.15, 0.2) is 30.3 Å². The highest BCUT2D eigenvalue weighted by Crippen LogP contribution is 2.25. The Morgan fingerprint density at radius 2 is 1.80 bits per heavy atom. The first-order valence-corrected chi connectivity index (χ1v) is 7.76. The van der Waals surface area contributed by atoms with Crippen LogP contribution in [0.1, 0.15) is 33.1 Å². The number of rotatable bonds is 5. The summed E-state index contributed by atoms with van der Waals surface area (Å²) >= 11 is 5.61. The Morgan fingerprint density at radius 1 is 1.20 bits per heavy atom. The van der Waals surface area contributed by atoms with E-state index in [1.807, 2.05) is 0 Å². The number of ether oxygens (including phenoxy) is 1. The number of aryl methyl sites for hydroxylation is 2. The van der Waals surface area contributed by atoms with Crippen LogP contribution in [0, 0.1) is 19.7 Å². The van der Waals surface area contributed by atoms with Crippen molar-refractivity contribution in [2.45, 2.75) is 19.9 Å². The molecule has 0 aliphatic rings. The number of aliphatic carboxylic acids is 1. The number of hydrogen-bond donors (Lipinski definition) is 2. The van der Waals surface area contributed by atoms with Gasteiger partial charge in [0, 0.05) is 5.56 Å². The van der Waals surface area contributed by atoms with Gasteiger partial charge in [0.15, 0.2) is 6.04 Å². The summed E-state index contributed by atoms with van der Waals surface area (Å²) < 4.78 is 18.8. The van der Waals surface area contributed by atoms with E-state index in [0.717, 1.165) is 17.2 Å². The number of hydrogen-bond acceptors (Lipinski definition) is 3. The molecule has 0 aromatic heterocycles. The minimum absolute atomic E-state index is 0.0877. The lowest BCUT2D eigenvalue weighted by atomic mass is 10.0. The van der Waals surface area contributed by atoms with Crippen molar-refractivity contribution in [2.75, 3.05) is 7.11 Å². The summed E-state index contributed by atoms with van der Waals surface area (Å²) in [4.78, 5) is 24.0. The maximum atomic E-state index is 13.6. The largest absolute Gasteiger partial charge is 0.496 e. The number of carbonyl (C=O) groups excluding carboxylic acids is 1. The van der Waals surface area contributed by atoms with E-state index in [9.17, 15) is 19.1 Å². The monoisotopic (exact) mass is 365 g/mol. The molecule has 1 atom stereocenters. The summed E-state index contributed by atoms with van der Waals surface area (Å²) in [5.41, 5.74) is 1.87. The summed E-state index contributed by atoms with van der Waals surface area (Å²) in [7, 11) is 1.53. The Bertz CT molecular complexity index is 815. The number of halogens is 2. The third-order valence-electron chi connectivity index (χ3n) is 3.73. The highest BCUT2D eigenvalue weighted by Gasteiger charge is 2.24. The predicted molar refractivity (Wildman–Crippen MR) is 91.7 cm³/mol. The van der Waals surface area contributed by atoms with Gasteiger partial charge in [0.05, 0.1) is 12.1 Å². The first-order chi connectivity index (χ1) is 11.7. The molecule has 132 valence electrons. The molecule has 2 rings (SSSR count). The number of carbonyl (C=O) groups is 2. The Kier molecular flexibility index (Phi) is 5.64. The maximum absolute atomic E-state index is 13.6. The van der Waals surface area contributed by atoms with Gasteiger partial charge in [0.2, 0.25) is 0 Å². The summed E-state index contributed by atoms with van der Waals surface area (Å²) in [5, 5.41) is 11.7. The average molecular weight is 366 g/mol. The van der Waals surface area contributed by atoms with Gasteiger partial charge in [-0.15, -0.1) is 0 Å². The fourth-order valence-corrected chi connectivity index (χ4v) is 2.71. The van der Waals surface area contributed by atoms with Gasteiger partial charge in [-0.1, -0.05) is 17.7 Å². The van der Waals surface area contributed by atoms with Crippen LogP contribution in [-0.2, 0) is 4.79 Å². The molecule has 0 bridgehead atoms. The first kappa shape index (κ1) is 18.7. The second-order valence-corrected chi connectivity index (χ2v) is 5.97. The molecule has 7 heteroatoms. The van der Waals surface area contributed by atoms with Crippen molar-refractivity contribution in [3.63, 3.8) is 0 Å². The van der Waals surface area contributed by atoms with Gasteiger partial charge in [-0.3, -0.25) is 4.79 Å². The van der Waals surface area contributed by atoms with Crippen LogP contribution in [0.5, 0.6) is 5.75 Å². The number of benzene rings is 2. The minimum Gasteiger partial charge on any atom is -0.496 e. The van der Waals surface area contributed by atoms with Crippen molar-refractivity contribution in [3.8, 4) is 5.75 Å². The molecule has 0 aliphatic carbocycles. The normalized spacial score (nSPS) is 11.7. The molecule has 1 unspecified atom stereocenters. The third kappa shape index (κ3) is 4.09. The van der Waals surface area contributed by atoms with Gasteiger partial charge in [-0.2, -0.15) is 0 Å². The smallest absolute Gasteiger partial charge is 0.330 e. The number of methoxy groups -OCH3 is 1. The van der Waals surface area contributed by atoms with Crippen LogP contribution in [0.3, 0.4) is 0 Å². The van der Waals surface area contributed by atoms with Gasteiger partial charge >= 0.3 is 5.97 Å². The lowest BCUT2D eigenvalue weighted by Gasteiger charge is -2.17. The van der Waals surface area contributed by atoms with Crippen LogP contribution in [0.2, 0.25) is 5.02 Å². The summed E-state index contributed by atoms with van der Waals surface area (Å²) in [6.45, 7) is 3.57. The van der Waals surface area contributed by atoms with Crippen molar-refractivity contribution in [1.29, 1.82) is 0 Å². The van der Waals surface area contributed by atoms with Gasteiger partial charge in [0.1, 0.15) is 11.6 Å². The lowest BCUT2D eigenvalue weighted by molar-refractivity contribution is -0.139. The fraction of sp³-hybridized carbons (Fsp3) is 0.222. The second kappa shape index (κ2) is 7.53. The highest BCUT2D eigenvalue weighted by molar-refractivity contribution is 6.30. The Labute approximate surface area is 149 Å². The van der Waals surface area contributed by atoms with Crippen molar-refractivity contribution in [1.82, 2.24) is 5.32 Å². The topological polar surface area (TPSA) is 75.6 Å². The quantitative estimate of drug-likeness (QED) is 0.847. The minimum atomic E-state index is -1.40. The van der Waals surface area contributed by atoms with Crippen LogP contribution < -0.4 is 10.1 Å². The number of amides is 1. The zero-order valence-electron chi connectivity index (χ0n) is 13.9. The Hall–Kier alpha value is -2.60. The molecule has 0 spiro atoms. The Balaban J connectivity index is 2.32. The molecular weight excluding hydrogens is 349 g/mol. The van der Waals surface area contributed by atoms with Gasteiger partial charge in [-0.25, -0.2) is 9.18 Å². The molecule has 0 heterocycles. The van der Waals surface area contributed by atoms with Gasteiger partial charge < -0.3 is 15.2 Å². The summed E-state index contributed by atoms with van der Waals surface area (Å²) in [5.74, 6) is -1.99. The van der Waals surface area contributed by atoms with E-state index in [2.05, 4.69) is 5.32 Å². The summed E-state index contributed by atoms with van der Waals surface area (Å²) in [6, 6.07) is 5.39. The van der Waals surface area contributed by atoms with Crippen molar-refractivity contribution in [3.05, 3.63) is 63.4 Å². The number of carboxylic acid groups (broad SMARTS) is 1. The zero-order valence-corrected chi connectivity index (χ0v) is 14.6. The molecule has 0 saturated carbocycles. The maximum Gasteiger partial charge on any atom is 0.330 e. The first-order valence-electron chi connectivity index (χ1n) is 7.38. The average Bonchev–Trinajstić information content (AvgIpc) is 2.54. The molecule has 1 amide bonds. The molecule has 2 N–H and O–H groups in total. The van der Waals surface area contributed by atoms with Crippen molar-refractivity contribution in [2.24, 2.45) is 0 Å². The molecular formula is C18H17ClFNO4. The molecule has 5 nitrogen and oxygen atoms in total. The van der Waals surface area contributed by atoms with E-state index in [4.69, 9.17) is 16.3 Å². The van der Waals surface area contributed by atoms with E-state index < -0.39 is 23.7 Å². The number of nitrogens with one attached hydrogen (secondary N) is 1. The second-order valence-electron chi connectivity index (χ2n) is 5.56. The lowest BCUT2D eigenvalue weighted by Crippen LogP contribution is -2.34. The van der Waals surface area contributed by atoms with Gasteiger partial charge in [-0.05, 0) is 54.8 Å². The Morgan fingerprint density at radius 3 is 2.28 bits per heavy atom. The van der Waals surface area contributed by atoms with Crippen LogP contribution in [0.4, 0.5) is 4.39 Å². The third-order valence-corrected chi connectivity index (χ3v) is 4.03. The van der Waals surface area contributed by atoms with Crippen LogP contribution >= 0.6 is 11.6 Å². The van der Waals surface area contributed by atoms with E-state index in [1.165, 1.54) is 19.2 Å². The predicted octanol–water partition coefficient (Wildman–Crippen LogP) is 3.66. The fourth-order valence-electron chi connectivity index (χ4n) is 2.60. The standard InChI is InChI=1S/C18H17ClFNO4/c1-9-6-12(7-10(2)16(9)25-3)17(22)21-15(18(23)24)11-4-5-13(19)14(20)8-11/h4-8,15H,1-3H3,(H,21,22)(H,23,24). The molecule has 0 saturated heterocycles. The molecule has 25 heavy (non-hydrogen) atoms. The molecule has 0 radical (unpaired) electrons. The van der Waals surface area contributed by atoms with E-state index >= 15 is 0 Å². The van der Waals surface area contributed by atoms with E-state index in [0.29, 0.717) is 5.75 Å². The van der Waals surface area contributed by atoms with Crippen molar-refractivity contribution >= 4 is 23.5 Å².